The number of aliphatic hydroxyl groups excluding tert-OH is 1. The van der Waals surface area contributed by atoms with Crippen molar-refractivity contribution in [1.82, 2.24) is 20.1 Å². The van der Waals surface area contributed by atoms with E-state index in [0.29, 0.717) is 6.54 Å². The van der Waals surface area contributed by atoms with E-state index in [1.54, 1.807) is 6.33 Å². The van der Waals surface area contributed by atoms with Gasteiger partial charge in [0.05, 0.1) is 13.2 Å². The number of hydrogen-bond acceptors (Lipinski definition) is 4. The van der Waals surface area contributed by atoms with Gasteiger partial charge in [0.15, 0.2) is 0 Å². The summed E-state index contributed by atoms with van der Waals surface area (Å²) in [5.74, 6) is 0.964. The van der Waals surface area contributed by atoms with Gasteiger partial charge in [-0.05, 0) is 19.3 Å². The second kappa shape index (κ2) is 5.60. The molecule has 0 atom stereocenters. The van der Waals surface area contributed by atoms with E-state index in [2.05, 4.69) is 22.3 Å². The fourth-order valence-corrected chi connectivity index (χ4v) is 2.53. The van der Waals surface area contributed by atoms with Gasteiger partial charge >= 0.3 is 0 Å². The molecule has 1 aliphatic carbocycles. The van der Waals surface area contributed by atoms with Crippen LogP contribution in [0.4, 0.5) is 0 Å². The summed E-state index contributed by atoms with van der Waals surface area (Å²) >= 11 is 0. The average molecular weight is 238 g/mol. The third-order valence-electron chi connectivity index (χ3n) is 3.62. The highest BCUT2D eigenvalue weighted by Crippen LogP contribution is 2.29. The van der Waals surface area contributed by atoms with Gasteiger partial charge in [-0.1, -0.05) is 19.8 Å². The molecule has 1 aromatic rings. The average Bonchev–Trinajstić information content (AvgIpc) is 2.97. The summed E-state index contributed by atoms with van der Waals surface area (Å²) in [6, 6.07) is 0. The van der Waals surface area contributed by atoms with Gasteiger partial charge in [-0.3, -0.25) is 0 Å². The van der Waals surface area contributed by atoms with E-state index in [9.17, 15) is 5.11 Å². The molecule has 1 aliphatic rings. The predicted octanol–water partition coefficient (Wildman–Crippen LogP) is 1.08. The van der Waals surface area contributed by atoms with Gasteiger partial charge < -0.3 is 10.4 Å². The van der Waals surface area contributed by atoms with E-state index in [-0.39, 0.29) is 12.1 Å². The van der Waals surface area contributed by atoms with Crippen LogP contribution in [0.1, 0.15) is 44.9 Å². The number of rotatable bonds is 6. The van der Waals surface area contributed by atoms with E-state index >= 15 is 0 Å². The Morgan fingerprint density at radius 2 is 2.24 bits per heavy atom. The predicted molar refractivity (Wildman–Crippen MR) is 65.4 cm³/mol. The Morgan fingerprint density at radius 3 is 2.88 bits per heavy atom. The summed E-state index contributed by atoms with van der Waals surface area (Å²) in [5.41, 5.74) is -0.0804. The molecule has 5 nitrogen and oxygen atoms in total. The normalized spacial score (nSPS) is 18.7. The van der Waals surface area contributed by atoms with Crippen LogP contribution >= 0.6 is 0 Å². The first-order valence-corrected chi connectivity index (χ1v) is 6.52. The number of nitrogens with one attached hydrogen (secondary N) is 1. The molecule has 0 aliphatic heterocycles. The van der Waals surface area contributed by atoms with Gasteiger partial charge in [0.25, 0.3) is 0 Å². The topological polar surface area (TPSA) is 63.0 Å². The van der Waals surface area contributed by atoms with Crippen molar-refractivity contribution in [3.63, 3.8) is 0 Å². The molecule has 2 rings (SSSR count). The highest BCUT2D eigenvalue weighted by molar-refractivity contribution is 4.95. The lowest BCUT2D eigenvalue weighted by Crippen LogP contribution is -2.45. The summed E-state index contributed by atoms with van der Waals surface area (Å²) in [5, 5.41) is 17.2. The molecule has 1 saturated carbocycles. The van der Waals surface area contributed by atoms with Crippen molar-refractivity contribution >= 4 is 0 Å². The zero-order valence-corrected chi connectivity index (χ0v) is 10.5. The van der Waals surface area contributed by atoms with Crippen molar-refractivity contribution in [3.8, 4) is 0 Å². The minimum Gasteiger partial charge on any atom is -0.394 e. The van der Waals surface area contributed by atoms with Gasteiger partial charge in [0.2, 0.25) is 0 Å². The number of nitrogens with zero attached hydrogens (tertiary/aromatic N) is 3. The summed E-state index contributed by atoms with van der Waals surface area (Å²) in [7, 11) is 0. The molecular formula is C12H22N4O. The molecular weight excluding hydrogens is 216 g/mol. The zero-order chi connectivity index (χ0) is 12.1. The summed E-state index contributed by atoms with van der Waals surface area (Å²) < 4.78 is 1.94. The molecule has 5 heteroatoms. The Labute approximate surface area is 102 Å². The smallest absolute Gasteiger partial charge is 0.140 e. The van der Waals surface area contributed by atoms with E-state index in [4.69, 9.17) is 0 Å². The van der Waals surface area contributed by atoms with Gasteiger partial charge in [0.1, 0.15) is 12.2 Å². The van der Waals surface area contributed by atoms with Crippen molar-refractivity contribution in [3.05, 3.63) is 12.2 Å². The van der Waals surface area contributed by atoms with Gasteiger partial charge in [-0.25, -0.2) is 9.67 Å². The molecule has 17 heavy (non-hydrogen) atoms. The van der Waals surface area contributed by atoms with Crippen molar-refractivity contribution in [2.45, 2.75) is 57.7 Å². The molecule has 1 aromatic heterocycles. The Balaban J connectivity index is 1.94. The maximum atomic E-state index is 9.51. The molecule has 0 amide bonds. The Hall–Kier alpha value is -0.940. The van der Waals surface area contributed by atoms with Crippen LogP contribution in [-0.4, -0.2) is 32.0 Å². The number of aryl methyl sites for hydroxylation is 1. The van der Waals surface area contributed by atoms with Crippen LogP contribution in [0.5, 0.6) is 0 Å². The van der Waals surface area contributed by atoms with Crippen LogP contribution in [0.25, 0.3) is 0 Å². The molecule has 1 fully saturated rings. The second-order valence-corrected chi connectivity index (χ2v) is 4.90. The van der Waals surface area contributed by atoms with Crippen LogP contribution in [0.15, 0.2) is 6.33 Å². The molecule has 0 unspecified atom stereocenters. The molecule has 0 bridgehead atoms. The highest BCUT2D eigenvalue weighted by atomic mass is 16.3. The van der Waals surface area contributed by atoms with E-state index in [0.717, 1.165) is 31.6 Å². The van der Waals surface area contributed by atoms with Crippen LogP contribution in [0.3, 0.4) is 0 Å². The first-order chi connectivity index (χ1) is 8.29. The van der Waals surface area contributed by atoms with E-state index in [1.807, 2.05) is 4.68 Å². The second-order valence-electron chi connectivity index (χ2n) is 4.90. The fourth-order valence-electron chi connectivity index (χ4n) is 2.53. The minimum atomic E-state index is -0.0804. The molecule has 0 aromatic carbocycles. The number of hydrogen-bond donors (Lipinski definition) is 2. The van der Waals surface area contributed by atoms with E-state index in [1.165, 1.54) is 12.8 Å². The highest BCUT2D eigenvalue weighted by Gasteiger charge is 2.32. The van der Waals surface area contributed by atoms with Crippen LogP contribution in [0.2, 0.25) is 0 Å². The Kier molecular flexibility index (Phi) is 4.12. The summed E-state index contributed by atoms with van der Waals surface area (Å²) in [6.07, 6.45) is 7.19. The fraction of sp³-hybridized carbons (Fsp3) is 0.833. The first-order valence-electron chi connectivity index (χ1n) is 6.52. The molecule has 2 N–H and O–H groups in total. The van der Waals surface area contributed by atoms with Crippen molar-refractivity contribution < 1.29 is 5.11 Å². The molecule has 96 valence electrons. The minimum absolute atomic E-state index is 0.0804. The maximum absolute atomic E-state index is 9.51. The Bertz CT molecular complexity index is 344. The Morgan fingerprint density at radius 1 is 1.47 bits per heavy atom. The largest absolute Gasteiger partial charge is 0.394 e. The third-order valence-corrected chi connectivity index (χ3v) is 3.62. The first kappa shape index (κ1) is 12.5. The lowest BCUT2D eigenvalue weighted by molar-refractivity contribution is 0.161. The standard InChI is InChI=1S/C12H22N4O/c1-2-7-16-11(13-10-15-16)8-14-12(9-17)5-3-4-6-12/h10,14,17H,2-9H2,1H3. The molecule has 0 radical (unpaired) electrons. The molecule has 0 saturated heterocycles. The summed E-state index contributed by atoms with van der Waals surface area (Å²) in [4.78, 5) is 4.27. The van der Waals surface area contributed by atoms with Crippen molar-refractivity contribution in [2.24, 2.45) is 0 Å². The lowest BCUT2D eigenvalue weighted by Gasteiger charge is -2.27. The summed E-state index contributed by atoms with van der Waals surface area (Å²) in [6.45, 7) is 3.95. The SMILES string of the molecule is CCCn1ncnc1CNC1(CO)CCCC1. The number of aliphatic hydroxyl groups is 1. The van der Waals surface area contributed by atoms with Crippen LogP contribution in [-0.2, 0) is 13.1 Å². The van der Waals surface area contributed by atoms with Gasteiger partial charge in [0, 0.05) is 12.1 Å². The monoisotopic (exact) mass is 238 g/mol. The number of aromatic nitrogens is 3. The van der Waals surface area contributed by atoms with Gasteiger partial charge in [-0.2, -0.15) is 5.10 Å². The lowest BCUT2D eigenvalue weighted by atomic mass is 9.99. The van der Waals surface area contributed by atoms with Gasteiger partial charge in [-0.15, -0.1) is 0 Å². The quantitative estimate of drug-likeness (QED) is 0.778. The van der Waals surface area contributed by atoms with Crippen molar-refractivity contribution in [1.29, 1.82) is 0 Å². The third kappa shape index (κ3) is 2.84. The van der Waals surface area contributed by atoms with Crippen LogP contribution < -0.4 is 5.32 Å². The zero-order valence-electron chi connectivity index (χ0n) is 10.5. The van der Waals surface area contributed by atoms with Crippen molar-refractivity contribution in [2.75, 3.05) is 6.61 Å². The van der Waals surface area contributed by atoms with E-state index < -0.39 is 0 Å². The maximum Gasteiger partial charge on any atom is 0.140 e. The molecule has 1 heterocycles. The molecule has 0 spiro atoms. The van der Waals surface area contributed by atoms with Crippen LogP contribution in [0, 0.1) is 0 Å².